The molecule has 1 heterocycles. The Morgan fingerprint density at radius 1 is 1.10 bits per heavy atom. The van der Waals surface area contributed by atoms with E-state index in [9.17, 15) is 9.50 Å². The molecule has 0 atom stereocenters. The van der Waals surface area contributed by atoms with E-state index < -0.39 is 23.9 Å². The maximum absolute atomic E-state index is 13.9. The number of halogens is 1. The van der Waals surface area contributed by atoms with Gasteiger partial charge < -0.3 is 14.4 Å². The monoisotopic (exact) mass is 278 g/mol. The van der Waals surface area contributed by atoms with E-state index in [4.69, 9.17) is 9.31 Å². The molecule has 3 rings (SSSR count). The molecule has 1 saturated heterocycles. The average Bonchev–Trinajstić information content (AvgIpc) is 3.02. The van der Waals surface area contributed by atoms with E-state index in [0.717, 1.165) is 5.46 Å². The van der Waals surface area contributed by atoms with Gasteiger partial charge in [-0.3, -0.25) is 0 Å². The van der Waals surface area contributed by atoms with Crippen molar-refractivity contribution in [2.45, 2.75) is 57.3 Å². The third-order valence-electron chi connectivity index (χ3n) is 4.74. The van der Waals surface area contributed by atoms with Crippen LogP contribution >= 0.6 is 0 Å². The second kappa shape index (κ2) is 4.06. The van der Waals surface area contributed by atoms with Crippen LogP contribution in [0.4, 0.5) is 4.39 Å². The summed E-state index contributed by atoms with van der Waals surface area (Å²) in [6, 6.07) is 4.71. The summed E-state index contributed by atoms with van der Waals surface area (Å²) in [6.07, 6.45) is 1.22. The molecule has 0 unspecified atom stereocenters. The summed E-state index contributed by atoms with van der Waals surface area (Å²) in [5.41, 5.74) is -0.750. The van der Waals surface area contributed by atoms with Gasteiger partial charge in [-0.2, -0.15) is 0 Å². The minimum atomic E-state index is -0.996. The van der Waals surface area contributed by atoms with Gasteiger partial charge in [0, 0.05) is 5.56 Å². The van der Waals surface area contributed by atoms with Crippen molar-refractivity contribution < 1.29 is 18.8 Å². The molecular formula is C15H20BFO3. The fourth-order valence-electron chi connectivity index (χ4n) is 2.41. The number of aliphatic hydroxyl groups is 1. The van der Waals surface area contributed by atoms with Gasteiger partial charge in [0.1, 0.15) is 5.82 Å². The molecular weight excluding hydrogens is 258 g/mol. The van der Waals surface area contributed by atoms with Crippen molar-refractivity contribution in [1.29, 1.82) is 0 Å². The van der Waals surface area contributed by atoms with E-state index in [1.165, 1.54) is 6.07 Å². The number of benzene rings is 1. The number of rotatable bonds is 2. The van der Waals surface area contributed by atoms with E-state index in [2.05, 4.69) is 0 Å². The third-order valence-corrected chi connectivity index (χ3v) is 4.74. The van der Waals surface area contributed by atoms with Gasteiger partial charge in [0.25, 0.3) is 0 Å². The van der Waals surface area contributed by atoms with Gasteiger partial charge in [0.15, 0.2) is 0 Å². The zero-order valence-corrected chi connectivity index (χ0v) is 12.4. The molecule has 1 N–H and O–H groups in total. The van der Waals surface area contributed by atoms with Gasteiger partial charge in [-0.15, -0.1) is 0 Å². The first kappa shape index (κ1) is 14.0. The third kappa shape index (κ3) is 2.08. The standard InChI is InChI=1S/C15H20BFO3/c1-13(2)14(3,4)20-16(19-13)10-5-6-12(17)11(9-10)15(18)7-8-15/h5-6,9,18H,7-8H2,1-4H3. The van der Waals surface area contributed by atoms with Crippen LogP contribution in [0.1, 0.15) is 46.1 Å². The van der Waals surface area contributed by atoms with Crippen molar-refractivity contribution in [2.75, 3.05) is 0 Å². The van der Waals surface area contributed by atoms with Crippen LogP contribution in [-0.2, 0) is 14.9 Å². The molecule has 20 heavy (non-hydrogen) atoms. The predicted molar refractivity (Wildman–Crippen MR) is 75.2 cm³/mol. The molecule has 1 aliphatic carbocycles. The summed E-state index contributed by atoms with van der Waals surface area (Å²) in [5, 5.41) is 10.1. The van der Waals surface area contributed by atoms with Crippen LogP contribution in [0.5, 0.6) is 0 Å². The van der Waals surface area contributed by atoms with Crippen molar-refractivity contribution in [3.8, 4) is 0 Å². The first-order valence-corrected chi connectivity index (χ1v) is 7.03. The molecule has 2 aliphatic rings. The second-order valence-electron chi connectivity index (χ2n) is 6.86. The zero-order valence-electron chi connectivity index (χ0n) is 12.4. The topological polar surface area (TPSA) is 38.7 Å². The van der Waals surface area contributed by atoms with Gasteiger partial charge in [0.05, 0.1) is 16.8 Å². The van der Waals surface area contributed by atoms with Crippen molar-refractivity contribution >= 4 is 12.6 Å². The lowest BCUT2D eigenvalue weighted by molar-refractivity contribution is 0.00578. The highest BCUT2D eigenvalue weighted by Crippen LogP contribution is 2.46. The first-order chi connectivity index (χ1) is 9.15. The fourth-order valence-corrected chi connectivity index (χ4v) is 2.41. The Hall–Kier alpha value is -0.905. The summed E-state index contributed by atoms with van der Waals surface area (Å²) >= 11 is 0. The lowest BCUT2D eigenvalue weighted by Crippen LogP contribution is -2.41. The minimum Gasteiger partial charge on any atom is -0.399 e. The molecule has 108 valence electrons. The highest BCUT2D eigenvalue weighted by molar-refractivity contribution is 6.62. The molecule has 1 aromatic carbocycles. The van der Waals surface area contributed by atoms with E-state index >= 15 is 0 Å². The van der Waals surface area contributed by atoms with Crippen LogP contribution in [-0.4, -0.2) is 23.4 Å². The largest absolute Gasteiger partial charge is 0.494 e. The summed E-state index contributed by atoms with van der Waals surface area (Å²) in [7, 11) is -0.526. The Balaban J connectivity index is 1.93. The SMILES string of the molecule is CC1(C)OB(c2ccc(F)c(C3(O)CC3)c2)OC1(C)C. The average molecular weight is 278 g/mol. The van der Waals surface area contributed by atoms with Gasteiger partial charge in [-0.25, -0.2) is 4.39 Å². The Labute approximate surface area is 119 Å². The molecule has 0 aromatic heterocycles. The first-order valence-electron chi connectivity index (χ1n) is 7.03. The molecule has 1 saturated carbocycles. The van der Waals surface area contributed by atoms with Gasteiger partial charge >= 0.3 is 7.12 Å². The quantitative estimate of drug-likeness (QED) is 0.842. The van der Waals surface area contributed by atoms with Crippen molar-refractivity contribution in [1.82, 2.24) is 0 Å². The number of hydrogen-bond donors (Lipinski definition) is 1. The Kier molecular flexibility index (Phi) is 2.85. The summed E-state index contributed by atoms with van der Waals surface area (Å²) < 4.78 is 25.8. The predicted octanol–water partition coefficient (Wildman–Crippen LogP) is 2.11. The maximum atomic E-state index is 13.9. The molecule has 5 heteroatoms. The molecule has 0 amide bonds. The van der Waals surface area contributed by atoms with Crippen molar-refractivity contribution in [3.05, 3.63) is 29.6 Å². The Morgan fingerprint density at radius 2 is 1.65 bits per heavy atom. The van der Waals surface area contributed by atoms with E-state index in [1.807, 2.05) is 27.7 Å². The van der Waals surface area contributed by atoms with Crippen molar-refractivity contribution in [2.24, 2.45) is 0 Å². The Morgan fingerprint density at radius 3 is 2.15 bits per heavy atom. The molecule has 0 spiro atoms. The molecule has 2 fully saturated rings. The lowest BCUT2D eigenvalue weighted by Gasteiger charge is -2.32. The molecule has 0 bridgehead atoms. The molecule has 1 aliphatic heterocycles. The molecule has 0 radical (unpaired) electrons. The van der Waals surface area contributed by atoms with Crippen LogP contribution in [0, 0.1) is 5.82 Å². The van der Waals surface area contributed by atoms with Crippen LogP contribution < -0.4 is 5.46 Å². The van der Waals surface area contributed by atoms with Crippen LogP contribution in [0.2, 0.25) is 0 Å². The van der Waals surface area contributed by atoms with Gasteiger partial charge in [-0.05, 0) is 52.1 Å². The van der Waals surface area contributed by atoms with E-state index in [-0.39, 0.29) is 5.82 Å². The maximum Gasteiger partial charge on any atom is 0.494 e. The zero-order chi connectivity index (χ0) is 14.8. The summed E-state index contributed by atoms with van der Waals surface area (Å²) in [5.74, 6) is -0.370. The van der Waals surface area contributed by atoms with Crippen LogP contribution in [0.3, 0.4) is 0 Å². The van der Waals surface area contributed by atoms with Crippen molar-refractivity contribution in [3.63, 3.8) is 0 Å². The fraction of sp³-hybridized carbons (Fsp3) is 0.600. The van der Waals surface area contributed by atoms with E-state index in [1.54, 1.807) is 12.1 Å². The lowest BCUT2D eigenvalue weighted by atomic mass is 9.77. The molecule has 3 nitrogen and oxygen atoms in total. The normalized spacial score (nSPS) is 25.8. The van der Waals surface area contributed by atoms with Gasteiger partial charge in [-0.1, -0.05) is 12.1 Å². The highest BCUT2D eigenvalue weighted by atomic mass is 19.1. The smallest absolute Gasteiger partial charge is 0.399 e. The van der Waals surface area contributed by atoms with Gasteiger partial charge in [0.2, 0.25) is 0 Å². The summed E-state index contributed by atoms with van der Waals surface area (Å²) in [6.45, 7) is 7.91. The van der Waals surface area contributed by atoms with Crippen LogP contribution in [0.15, 0.2) is 18.2 Å². The number of hydrogen-bond acceptors (Lipinski definition) is 3. The minimum absolute atomic E-state index is 0.352. The second-order valence-corrected chi connectivity index (χ2v) is 6.86. The molecule has 1 aromatic rings. The summed E-state index contributed by atoms with van der Waals surface area (Å²) in [4.78, 5) is 0. The van der Waals surface area contributed by atoms with Crippen LogP contribution in [0.25, 0.3) is 0 Å². The Bertz CT molecular complexity index is 536. The van der Waals surface area contributed by atoms with E-state index in [0.29, 0.717) is 18.4 Å². The highest BCUT2D eigenvalue weighted by Gasteiger charge is 2.52.